The number of aliphatic carboxylic acids is 1. The quantitative estimate of drug-likeness (QED) is 0.709. The smallest absolute Gasteiger partial charge is 0.320 e. The Bertz CT molecular complexity index is 252. The Morgan fingerprint density at radius 1 is 1.50 bits per heavy atom. The summed E-state index contributed by atoms with van der Waals surface area (Å²) in [5.41, 5.74) is -0.918. The lowest BCUT2D eigenvalue weighted by atomic mass is 9.91. The molecule has 82 valence electrons. The van der Waals surface area contributed by atoms with Crippen molar-refractivity contribution in [1.82, 2.24) is 5.32 Å². The first kappa shape index (κ1) is 11.7. The monoisotopic (exact) mass is 227 g/mol. The van der Waals surface area contributed by atoms with E-state index in [9.17, 15) is 13.6 Å². The molecule has 6 heteroatoms. The van der Waals surface area contributed by atoms with Gasteiger partial charge in [-0.05, 0) is 12.8 Å². The van der Waals surface area contributed by atoms with E-state index < -0.39 is 23.3 Å². The summed E-state index contributed by atoms with van der Waals surface area (Å²) in [6.07, 6.45) is 0.550. The van der Waals surface area contributed by atoms with E-state index in [2.05, 4.69) is 5.32 Å². The maximum Gasteiger partial charge on any atom is 0.320 e. The van der Waals surface area contributed by atoms with Gasteiger partial charge in [0.15, 0.2) is 0 Å². The highest BCUT2D eigenvalue weighted by molar-refractivity contribution is 5.85. The first-order valence-electron chi connectivity index (χ1n) is 4.31. The number of rotatable bonds is 1. The average molecular weight is 228 g/mol. The van der Waals surface area contributed by atoms with Gasteiger partial charge in [0.2, 0.25) is 0 Å². The van der Waals surface area contributed by atoms with Crippen LogP contribution in [0.4, 0.5) is 8.78 Å². The third kappa shape index (κ3) is 1.59. The molecule has 2 atom stereocenters. The van der Waals surface area contributed by atoms with Gasteiger partial charge in [-0.1, -0.05) is 0 Å². The molecule has 1 heterocycles. The second-order valence-electron chi connectivity index (χ2n) is 3.97. The highest BCUT2D eigenvalue weighted by Crippen LogP contribution is 2.63. The Hall–Kier alpha value is -0.420. The number of hydrogen-bond donors (Lipinski definition) is 2. The molecule has 14 heavy (non-hydrogen) atoms. The minimum absolute atomic E-state index is 0. The van der Waals surface area contributed by atoms with Crippen LogP contribution in [0.5, 0.6) is 0 Å². The van der Waals surface area contributed by atoms with E-state index in [-0.39, 0.29) is 25.4 Å². The molecule has 0 radical (unpaired) electrons. The van der Waals surface area contributed by atoms with E-state index in [0.29, 0.717) is 12.8 Å². The van der Waals surface area contributed by atoms with Crippen LogP contribution in [0.15, 0.2) is 0 Å². The van der Waals surface area contributed by atoms with Crippen LogP contribution in [0.3, 0.4) is 0 Å². The van der Waals surface area contributed by atoms with Gasteiger partial charge in [-0.25, -0.2) is 8.78 Å². The second kappa shape index (κ2) is 3.31. The van der Waals surface area contributed by atoms with Crippen LogP contribution in [0.2, 0.25) is 0 Å². The molecule has 0 amide bonds. The minimum atomic E-state index is -2.57. The number of piperidine rings is 1. The summed E-state index contributed by atoms with van der Waals surface area (Å²) in [5.74, 6) is -3.51. The Balaban J connectivity index is 0.000000980. The number of nitrogens with one attached hydrogen (secondary N) is 1. The second-order valence-corrected chi connectivity index (χ2v) is 3.97. The highest BCUT2D eigenvalue weighted by atomic mass is 35.5. The van der Waals surface area contributed by atoms with Gasteiger partial charge in [0.05, 0.1) is 5.41 Å². The van der Waals surface area contributed by atoms with Gasteiger partial charge in [-0.15, -0.1) is 12.4 Å². The molecule has 1 aliphatic carbocycles. The van der Waals surface area contributed by atoms with Crippen LogP contribution in [0.25, 0.3) is 0 Å². The van der Waals surface area contributed by atoms with Gasteiger partial charge < -0.3 is 10.4 Å². The topological polar surface area (TPSA) is 49.3 Å². The molecule has 3 nitrogen and oxygen atoms in total. The SMILES string of the molecule is Cl.O=C(O)C1CCC2(CN1)CC2(F)F. The molecule has 0 bridgehead atoms. The highest BCUT2D eigenvalue weighted by Gasteiger charge is 2.71. The molecule has 0 aromatic rings. The summed E-state index contributed by atoms with van der Waals surface area (Å²) < 4.78 is 25.6. The third-order valence-electron chi connectivity index (χ3n) is 3.11. The van der Waals surface area contributed by atoms with Gasteiger partial charge in [0, 0.05) is 13.0 Å². The maximum atomic E-state index is 12.8. The predicted octanol–water partition coefficient (Wildman–Crippen LogP) is 1.27. The minimum Gasteiger partial charge on any atom is -0.480 e. The van der Waals surface area contributed by atoms with Crippen LogP contribution in [0.1, 0.15) is 19.3 Å². The Morgan fingerprint density at radius 2 is 2.07 bits per heavy atom. The van der Waals surface area contributed by atoms with Crippen LogP contribution < -0.4 is 5.32 Å². The molecule has 2 rings (SSSR count). The maximum absolute atomic E-state index is 12.8. The number of carbonyl (C=O) groups is 1. The summed E-state index contributed by atoms with van der Waals surface area (Å²) >= 11 is 0. The molecular formula is C8H12ClF2NO2. The molecule has 1 saturated heterocycles. The number of alkyl halides is 2. The fraction of sp³-hybridized carbons (Fsp3) is 0.875. The number of hydrogen-bond acceptors (Lipinski definition) is 2. The van der Waals surface area contributed by atoms with Gasteiger partial charge >= 0.3 is 5.97 Å². The molecule has 1 spiro atoms. The molecule has 1 saturated carbocycles. The molecule has 2 N–H and O–H groups in total. The Kier molecular flexibility index (Phi) is 2.75. The summed E-state index contributed by atoms with van der Waals surface area (Å²) in [6, 6.07) is -0.637. The summed E-state index contributed by atoms with van der Waals surface area (Å²) in [7, 11) is 0. The largest absolute Gasteiger partial charge is 0.480 e. The van der Waals surface area contributed by atoms with E-state index in [1.54, 1.807) is 0 Å². The lowest BCUT2D eigenvalue weighted by Crippen LogP contribution is -2.46. The summed E-state index contributed by atoms with van der Waals surface area (Å²) in [5, 5.41) is 11.3. The zero-order valence-electron chi connectivity index (χ0n) is 7.43. The van der Waals surface area contributed by atoms with Gasteiger partial charge in [0.1, 0.15) is 6.04 Å². The van der Waals surface area contributed by atoms with Crippen LogP contribution in [-0.2, 0) is 4.79 Å². The van der Waals surface area contributed by atoms with Crippen molar-refractivity contribution in [2.75, 3.05) is 6.54 Å². The number of carboxylic acid groups (broad SMARTS) is 1. The summed E-state index contributed by atoms with van der Waals surface area (Å²) in [4.78, 5) is 10.5. The molecule has 0 aromatic heterocycles. The fourth-order valence-electron chi connectivity index (χ4n) is 1.98. The molecule has 2 aliphatic rings. The predicted molar refractivity (Wildman–Crippen MR) is 47.9 cm³/mol. The van der Waals surface area contributed by atoms with E-state index in [1.807, 2.05) is 0 Å². The number of halogens is 3. The van der Waals surface area contributed by atoms with Crippen molar-refractivity contribution in [2.45, 2.75) is 31.2 Å². The fourth-order valence-corrected chi connectivity index (χ4v) is 1.98. The van der Waals surface area contributed by atoms with E-state index in [0.717, 1.165) is 0 Å². The zero-order chi connectivity index (χ0) is 9.69. The van der Waals surface area contributed by atoms with E-state index in [4.69, 9.17) is 5.11 Å². The van der Waals surface area contributed by atoms with E-state index >= 15 is 0 Å². The lowest BCUT2D eigenvalue weighted by molar-refractivity contribution is -0.140. The first-order valence-corrected chi connectivity index (χ1v) is 4.31. The molecule has 2 unspecified atom stereocenters. The average Bonchev–Trinajstić information content (AvgIpc) is 2.53. The van der Waals surface area contributed by atoms with Gasteiger partial charge in [-0.2, -0.15) is 0 Å². The molecule has 2 fully saturated rings. The standard InChI is InChI=1S/C8H11F2NO2.ClH/c9-8(10)3-7(8)2-1-5(6(12)13)11-4-7;/h5,11H,1-4H2,(H,12,13);1H. The lowest BCUT2D eigenvalue weighted by Gasteiger charge is -2.27. The number of carboxylic acids is 1. The molecular weight excluding hydrogens is 216 g/mol. The van der Waals surface area contributed by atoms with Crippen LogP contribution >= 0.6 is 12.4 Å². The molecule has 0 aromatic carbocycles. The Labute approximate surface area is 86.3 Å². The molecule has 1 aliphatic heterocycles. The van der Waals surface area contributed by atoms with Gasteiger partial charge in [-0.3, -0.25) is 4.79 Å². The van der Waals surface area contributed by atoms with Crippen molar-refractivity contribution < 1.29 is 18.7 Å². The first-order chi connectivity index (χ1) is 5.97. The van der Waals surface area contributed by atoms with E-state index in [1.165, 1.54) is 0 Å². The van der Waals surface area contributed by atoms with Gasteiger partial charge in [0.25, 0.3) is 5.92 Å². The van der Waals surface area contributed by atoms with Crippen LogP contribution in [-0.4, -0.2) is 29.6 Å². The van der Waals surface area contributed by atoms with Crippen molar-refractivity contribution in [2.24, 2.45) is 5.41 Å². The normalized spacial score (nSPS) is 38.9. The Morgan fingerprint density at radius 3 is 2.36 bits per heavy atom. The summed E-state index contributed by atoms with van der Waals surface area (Å²) in [6.45, 7) is 0.136. The van der Waals surface area contributed by atoms with Crippen molar-refractivity contribution >= 4 is 18.4 Å². The van der Waals surface area contributed by atoms with Crippen molar-refractivity contribution in [1.29, 1.82) is 0 Å². The van der Waals surface area contributed by atoms with Crippen LogP contribution in [0, 0.1) is 5.41 Å². The van der Waals surface area contributed by atoms with Crippen molar-refractivity contribution in [3.05, 3.63) is 0 Å². The third-order valence-corrected chi connectivity index (χ3v) is 3.11. The zero-order valence-corrected chi connectivity index (χ0v) is 8.24. The van der Waals surface area contributed by atoms with Crippen molar-refractivity contribution in [3.8, 4) is 0 Å². The van der Waals surface area contributed by atoms with Crippen molar-refractivity contribution in [3.63, 3.8) is 0 Å².